The van der Waals surface area contributed by atoms with E-state index in [9.17, 15) is 14.7 Å². The number of carbonyl (C=O) groups is 2. The molecule has 0 bridgehead atoms. The minimum absolute atomic E-state index is 0.0994. The van der Waals surface area contributed by atoms with Crippen LogP contribution in [0.2, 0.25) is 0 Å². The second kappa shape index (κ2) is 10.4. The zero-order chi connectivity index (χ0) is 23.3. The lowest BCUT2D eigenvalue weighted by Gasteiger charge is -2.40. The second-order valence-corrected chi connectivity index (χ2v) is 10.1. The summed E-state index contributed by atoms with van der Waals surface area (Å²) in [5.74, 6) is -0.323. The highest BCUT2D eigenvalue weighted by Crippen LogP contribution is 2.28. The molecule has 30 heavy (non-hydrogen) atoms. The van der Waals surface area contributed by atoms with Crippen LogP contribution in [0.1, 0.15) is 54.0 Å². The van der Waals surface area contributed by atoms with Crippen LogP contribution >= 0.6 is 0 Å². The van der Waals surface area contributed by atoms with Crippen LogP contribution in [0, 0.1) is 11.3 Å². The third-order valence-electron chi connectivity index (χ3n) is 5.99. The average Bonchev–Trinajstić information content (AvgIpc) is 2.65. The lowest BCUT2D eigenvalue weighted by atomic mass is 9.76. The van der Waals surface area contributed by atoms with Gasteiger partial charge in [0.05, 0.1) is 18.7 Å². The number of nitrogens with one attached hydrogen (secondary N) is 2. The van der Waals surface area contributed by atoms with Gasteiger partial charge in [0, 0.05) is 12.5 Å². The number of amides is 2. The lowest BCUT2D eigenvalue weighted by molar-refractivity contribution is -0.142. The maximum Gasteiger partial charge on any atom is 0.245 e. The van der Waals surface area contributed by atoms with Crippen LogP contribution in [0.3, 0.4) is 0 Å². The Hall–Kier alpha value is -1.92. The molecule has 1 aromatic rings. The quantitative estimate of drug-likeness (QED) is 0.575. The van der Waals surface area contributed by atoms with Crippen molar-refractivity contribution in [1.29, 1.82) is 0 Å². The van der Waals surface area contributed by atoms with E-state index in [0.717, 1.165) is 5.56 Å². The minimum atomic E-state index is -0.717. The van der Waals surface area contributed by atoms with Crippen molar-refractivity contribution in [2.45, 2.75) is 72.0 Å². The fourth-order valence-corrected chi connectivity index (χ4v) is 3.88. The number of nitrogens with zero attached hydrogens (tertiary/aromatic N) is 1. The Labute approximate surface area is 182 Å². The molecule has 1 unspecified atom stereocenters. The first kappa shape index (κ1) is 26.1. The van der Waals surface area contributed by atoms with Crippen LogP contribution in [0.25, 0.3) is 0 Å². The van der Waals surface area contributed by atoms with Gasteiger partial charge < -0.3 is 20.6 Å². The number of carbonyl (C=O) groups excluding carboxylic acids is 2. The van der Waals surface area contributed by atoms with E-state index < -0.39 is 22.9 Å². The molecule has 2 amide bonds. The Morgan fingerprint density at radius 2 is 1.57 bits per heavy atom. The Morgan fingerprint density at radius 1 is 1.03 bits per heavy atom. The molecule has 6 nitrogen and oxygen atoms in total. The highest BCUT2D eigenvalue weighted by molar-refractivity contribution is 5.91. The van der Waals surface area contributed by atoms with E-state index in [1.165, 1.54) is 0 Å². The zero-order valence-corrected chi connectivity index (χ0v) is 20.1. The van der Waals surface area contributed by atoms with Crippen molar-refractivity contribution in [3.05, 3.63) is 35.9 Å². The number of benzene rings is 1. The largest absolute Gasteiger partial charge is 0.394 e. The van der Waals surface area contributed by atoms with Crippen LogP contribution in [-0.4, -0.2) is 60.6 Å². The monoisotopic (exact) mass is 419 g/mol. The van der Waals surface area contributed by atoms with Gasteiger partial charge >= 0.3 is 0 Å². The molecule has 0 fully saturated rings. The number of rotatable bonds is 9. The summed E-state index contributed by atoms with van der Waals surface area (Å²) >= 11 is 0. The van der Waals surface area contributed by atoms with Gasteiger partial charge in [-0.15, -0.1) is 0 Å². The Kier molecular flexibility index (Phi) is 9.06. The molecule has 0 aliphatic heterocycles. The molecule has 1 rings (SSSR count). The second-order valence-electron chi connectivity index (χ2n) is 10.1. The summed E-state index contributed by atoms with van der Waals surface area (Å²) in [4.78, 5) is 28.3. The van der Waals surface area contributed by atoms with Crippen LogP contribution in [-0.2, 0) is 15.0 Å². The highest BCUT2D eigenvalue weighted by Gasteiger charge is 2.41. The molecular formula is C24H41N3O3. The summed E-state index contributed by atoms with van der Waals surface area (Å²) < 4.78 is 0. The van der Waals surface area contributed by atoms with Crippen molar-refractivity contribution in [3.63, 3.8) is 0 Å². The highest BCUT2D eigenvalue weighted by atomic mass is 16.3. The molecule has 1 aromatic carbocycles. The Balaban J connectivity index is 3.18. The summed E-state index contributed by atoms with van der Waals surface area (Å²) in [6, 6.07) is 8.33. The van der Waals surface area contributed by atoms with Crippen molar-refractivity contribution >= 4 is 11.8 Å². The third kappa shape index (κ3) is 6.05. The van der Waals surface area contributed by atoms with Crippen LogP contribution < -0.4 is 10.6 Å². The van der Waals surface area contributed by atoms with Gasteiger partial charge in [0.25, 0.3) is 0 Å². The van der Waals surface area contributed by atoms with Gasteiger partial charge in [0.2, 0.25) is 11.8 Å². The summed E-state index contributed by atoms with van der Waals surface area (Å²) in [5, 5.41) is 15.9. The molecule has 0 spiro atoms. The normalized spacial score (nSPS) is 15.4. The molecule has 0 radical (unpaired) electrons. The maximum atomic E-state index is 13.4. The summed E-state index contributed by atoms with van der Waals surface area (Å²) in [6.45, 7) is 13.7. The Morgan fingerprint density at radius 3 is 1.97 bits per heavy atom. The fourth-order valence-electron chi connectivity index (χ4n) is 3.88. The van der Waals surface area contributed by atoms with E-state index in [1.807, 2.05) is 78.8 Å². The van der Waals surface area contributed by atoms with Gasteiger partial charge in [-0.3, -0.25) is 9.59 Å². The average molecular weight is 420 g/mol. The molecule has 0 saturated heterocycles. The molecule has 3 atom stereocenters. The van der Waals surface area contributed by atoms with Gasteiger partial charge in [-0.1, -0.05) is 78.8 Å². The molecular weight excluding hydrogens is 378 g/mol. The Bertz CT molecular complexity index is 695. The van der Waals surface area contributed by atoms with Gasteiger partial charge in [-0.2, -0.15) is 0 Å². The predicted molar refractivity (Wildman–Crippen MR) is 122 cm³/mol. The molecule has 0 aliphatic carbocycles. The molecule has 0 heterocycles. The molecule has 170 valence electrons. The fraction of sp³-hybridized carbons (Fsp3) is 0.667. The molecule has 0 saturated carbocycles. The topological polar surface area (TPSA) is 81.7 Å². The smallest absolute Gasteiger partial charge is 0.245 e. The predicted octanol–water partition coefficient (Wildman–Crippen LogP) is 2.56. The minimum Gasteiger partial charge on any atom is -0.394 e. The zero-order valence-electron chi connectivity index (χ0n) is 20.1. The van der Waals surface area contributed by atoms with Crippen molar-refractivity contribution in [2.24, 2.45) is 11.3 Å². The first-order chi connectivity index (χ1) is 13.8. The number of hydrogen-bond donors (Lipinski definition) is 3. The van der Waals surface area contributed by atoms with Crippen LogP contribution in [0.15, 0.2) is 30.3 Å². The van der Waals surface area contributed by atoms with Crippen molar-refractivity contribution in [2.75, 3.05) is 20.7 Å². The molecule has 6 heteroatoms. The van der Waals surface area contributed by atoms with Crippen molar-refractivity contribution in [3.8, 4) is 0 Å². The number of aliphatic hydroxyl groups excluding tert-OH is 1. The van der Waals surface area contributed by atoms with E-state index in [0.29, 0.717) is 0 Å². The number of hydrogen-bond acceptors (Lipinski definition) is 4. The molecule has 0 aliphatic rings. The summed E-state index contributed by atoms with van der Waals surface area (Å²) in [5.41, 5.74) is 0.0614. The van der Waals surface area contributed by atoms with E-state index in [4.69, 9.17) is 0 Å². The van der Waals surface area contributed by atoms with Gasteiger partial charge in [-0.25, -0.2) is 0 Å². The van der Waals surface area contributed by atoms with E-state index in [1.54, 1.807) is 19.0 Å². The molecule has 3 N–H and O–H groups in total. The maximum absolute atomic E-state index is 13.4. The lowest BCUT2D eigenvalue weighted by Crippen LogP contribution is -2.62. The summed E-state index contributed by atoms with van der Waals surface area (Å²) in [6.07, 6.45) is 0. The van der Waals surface area contributed by atoms with Gasteiger partial charge in [-0.05, 0) is 23.9 Å². The third-order valence-corrected chi connectivity index (χ3v) is 5.99. The van der Waals surface area contributed by atoms with Gasteiger partial charge in [0.15, 0.2) is 0 Å². The first-order valence-corrected chi connectivity index (χ1v) is 10.7. The van der Waals surface area contributed by atoms with E-state index >= 15 is 0 Å². The van der Waals surface area contributed by atoms with Crippen LogP contribution in [0.5, 0.6) is 0 Å². The molecule has 0 aromatic heterocycles. The summed E-state index contributed by atoms with van der Waals surface area (Å²) in [7, 11) is 3.45. The van der Waals surface area contributed by atoms with E-state index in [-0.39, 0.29) is 30.4 Å². The standard InChI is InChI=1S/C24H41N3O3/c1-16(2)18(15-28)27(9)22(30)20(23(3,4)5)26-21(29)19(25-8)24(6,7)17-13-11-10-12-14-17/h10-14,16,18-20,25,28H,15H2,1-9H3,(H,26,29)/t18-,19-,20?/m1/s1. The SMILES string of the molecule is CN[C@H](C(=O)NC(C(=O)N(C)[C@H](CO)C(C)C)C(C)(C)C)C(C)(C)c1ccccc1. The van der Waals surface area contributed by atoms with Crippen molar-refractivity contribution < 1.29 is 14.7 Å². The van der Waals surface area contributed by atoms with Crippen LogP contribution in [0.4, 0.5) is 0 Å². The first-order valence-electron chi connectivity index (χ1n) is 10.7. The van der Waals surface area contributed by atoms with Gasteiger partial charge in [0.1, 0.15) is 6.04 Å². The number of aliphatic hydroxyl groups is 1. The number of likely N-dealkylation sites (N-methyl/N-ethyl adjacent to an activating group) is 2. The van der Waals surface area contributed by atoms with Crippen molar-refractivity contribution in [1.82, 2.24) is 15.5 Å². The van der Waals surface area contributed by atoms with E-state index in [2.05, 4.69) is 10.6 Å².